The standard InChI is InChI=1S/C19H15NO5/c1-11-3-8-14-15(21)10-17(25-16(14)9-11)18(22)20-13-6-4-12(5-7-13)19(23)24-2/h3-10H,1-2H3,(H,20,22). The molecule has 1 N–H and O–H groups in total. The average molecular weight is 337 g/mol. The van der Waals surface area contributed by atoms with Crippen molar-refractivity contribution in [3.05, 3.63) is 75.6 Å². The van der Waals surface area contributed by atoms with Gasteiger partial charge in [-0.25, -0.2) is 4.79 Å². The monoisotopic (exact) mass is 337 g/mol. The van der Waals surface area contributed by atoms with Crippen LogP contribution >= 0.6 is 0 Å². The lowest BCUT2D eigenvalue weighted by molar-refractivity contribution is 0.0600. The van der Waals surface area contributed by atoms with E-state index in [2.05, 4.69) is 10.1 Å². The predicted octanol–water partition coefficient (Wildman–Crippen LogP) is 3.14. The number of ether oxygens (including phenoxy) is 1. The van der Waals surface area contributed by atoms with Gasteiger partial charge in [0.2, 0.25) is 0 Å². The molecule has 0 fully saturated rings. The number of fused-ring (bicyclic) bond motifs is 1. The molecule has 0 aliphatic rings. The van der Waals surface area contributed by atoms with Crippen LogP contribution in [0.15, 0.2) is 57.7 Å². The maximum atomic E-state index is 12.3. The molecule has 6 nitrogen and oxygen atoms in total. The molecule has 6 heteroatoms. The number of esters is 1. The highest BCUT2D eigenvalue weighted by molar-refractivity contribution is 6.03. The number of aryl methyl sites for hydroxylation is 1. The highest BCUT2D eigenvalue weighted by Crippen LogP contribution is 2.16. The summed E-state index contributed by atoms with van der Waals surface area (Å²) in [7, 11) is 1.29. The number of anilines is 1. The minimum absolute atomic E-state index is 0.0832. The lowest BCUT2D eigenvalue weighted by Crippen LogP contribution is -2.15. The van der Waals surface area contributed by atoms with Crippen molar-refractivity contribution in [2.75, 3.05) is 12.4 Å². The van der Waals surface area contributed by atoms with Crippen LogP contribution in [0.3, 0.4) is 0 Å². The molecule has 0 aliphatic heterocycles. The lowest BCUT2D eigenvalue weighted by Gasteiger charge is -2.06. The van der Waals surface area contributed by atoms with E-state index in [0.717, 1.165) is 11.6 Å². The second-order valence-corrected chi connectivity index (χ2v) is 5.50. The number of hydrogen-bond donors (Lipinski definition) is 1. The average Bonchev–Trinajstić information content (AvgIpc) is 2.61. The number of methoxy groups -OCH3 is 1. The number of carbonyl (C=O) groups excluding carboxylic acids is 2. The summed E-state index contributed by atoms with van der Waals surface area (Å²) in [6.07, 6.45) is 0. The van der Waals surface area contributed by atoms with Gasteiger partial charge in [-0.3, -0.25) is 9.59 Å². The summed E-state index contributed by atoms with van der Waals surface area (Å²) in [5, 5.41) is 3.05. The van der Waals surface area contributed by atoms with Crippen molar-refractivity contribution >= 4 is 28.5 Å². The topological polar surface area (TPSA) is 85.6 Å². The Hall–Kier alpha value is -3.41. The van der Waals surface area contributed by atoms with Gasteiger partial charge in [0.15, 0.2) is 11.2 Å². The normalized spacial score (nSPS) is 10.5. The van der Waals surface area contributed by atoms with Gasteiger partial charge in [0.1, 0.15) is 5.58 Å². The molecule has 0 radical (unpaired) electrons. The molecule has 25 heavy (non-hydrogen) atoms. The number of rotatable bonds is 3. The van der Waals surface area contributed by atoms with E-state index >= 15 is 0 Å². The molecule has 0 spiro atoms. The van der Waals surface area contributed by atoms with Crippen LogP contribution in [0, 0.1) is 6.92 Å². The van der Waals surface area contributed by atoms with Crippen LogP contribution in [0.2, 0.25) is 0 Å². The Morgan fingerprint density at radius 2 is 1.76 bits per heavy atom. The smallest absolute Gasteiger partial charge is 0.337 e. The van der Waals surface area contributed by atoms with Gasteiger partial charge in [-0.15, -0.1) is 0 Å². The van der Waals surface area contributed by atoms with E-state index in [1.807, 2.05) is 13.0 Å². The molecule has 1 aromatic heterocycles. The summed E-state index contributed by atoms with van der Waals surface area (Å²) in [5.74, 6) is -1.10. The Morgan fingerprint density at radius 1 is 1.04 bits per heavy atom. The lowest BCUT2D eigenvalue weighted by atomic mass is 10.1. The van der Waals surface area contributed by atoms with Gasteiger partial charge >= 0.3 is 5.97 Å². The summed E-state index contributed by atoms with van der Waals surface area (Å²) in [5.41, 5.74) is 1.83. The van der Waals surface area contributed by atoms with E-state index < -0.39 is 11.9 Å². The second kappa shape index (κ2) is 6.60. The minimum Gasteiger partial charge on any atom is -0.465 e. The molecule has 0 unspecified atom stereocenters. The van der Waals surface area contributed by atoms with Crippen molar-refractivity contribution in [3.8, 4) is 0 Å². The van der Waals surface area contributed by atoms with Crippen LogP contribution in [-0.2, 0) is 4.74 Å². The summed E-state index contributed by atoms with van der Waals surface area (Å²) >= 11 is 0. The van der Waals surface area contributed by atoms with Crippen LogP contribution in [-0.4, -0.2) is 19.0 Å². The van der Waals surface area contributed by atoms with E-state index in [9.17, 15) is 14.4 Å². The van der Waals surface area contributed by atoms with Gasteiger partial charge in [-0.05, 0) is 48.9 Å². The van der Waals surface area contributed by atoms with Gasteiger partial charge in [0, 0.05) is 11.8 Å². The first kappa shape index (κ1) is 16.4. The van der Waals surface area contributed by atoms with Crippen molar-refractivity contribution in [1.82, 2.24) is 0 Å². The SMILES string of the molecule is COC(=O)c1ccc(NC(=O)c2cc(=O)c3ccc(C)cc3o2)cc1. The van der Waals surface area contributed by atoms with Crippen molar-refractivity contribution in [2.24, 2.45) is 0 Å². The van der Waals surface area contributed by atoms with E-state index in [1.165, 1.54) is 19.2 Å². The number of hydrogen-bond acceptors (Lipinski definition) is 5. The molecule has 126 valence electrons. The Labute approximate surface area is 143 Å². The van der Waals surface area contributed by atoms with E-state index in [4.69, 9.17) is 4.42 Å². The minimum atomic E-state index is -0.550. The first-order chi connectivity index (χ1) is 12.0. The fourth-order valence-electron chi connectivity index (χ4n) is 2.37. The number of nitrogens with one attached hydrogen (secondary N) is 1. The van der Waals surface area contributed by atoms with E-state index in [0.29, 0.717) is 22.2 Å². The van der Waals surface area contributed by atoms with E-state index in [1.54, 1.807) is 24.3 Å². The first-order valence-electron chi connectivity index (χ1n) is 7.52. The third-order valence-electron chi connectivity index (χ3n) is 3.67. The van der Waals surface area contributed by atoms with Crippen LogP contribution < -0.4 is 10.7 Å². The molecule has 3 aromatic rings. The van der Waals surface area contributed by atoms with Crippen molar-refractivity contribution < 1.29 is 18.7 Å². The maximum absolute atomic E-state index is 12.3. The molecule has 1 heterocycles. The van der Waals surface area contributed by atoms with Crippen LogP contribution in [0.5, 0.6) is 0 Å². The number of benzene rings is 2. The second-order valence-electron chi connectivity index (χ2n) is 5.50. The summed E-state index contributed by atoms with van der Waals surface area (Å²) < 4.78 is 10.2. The van der Waals surface area contributed by atoms with Gasteiger partial charge in [-0.2, -0.15) is 0 Å². The fourth-order valence-corrected chi connectivity index (χ4v) is 2.37. The molecule has 3 rings (SSSR count). The molecule has 0 saturated carbocycles. The molecular weight excluding hydrogens is 322 g/mol. The van der Waals surface area contributed by atoms with Crippen molar-refractivity contribution in [3.63, 3.8) is 0 Å². The Balaban J connectivity index is 1.87. The van der Waals surface area contributed by atoms with Gasteiger partial charge in [-0.1, -0.05) is 6.07 Å². The van der Waals surface area contributed by atoms with Crippen LogP contribution in [0.1, 0.15) is 26.5 Å². The van der Waals surface area contributed by atoms with Crippen LogP contribution in [0.4, 0.5) is 5.69 Å². The highest BCUT2D eigenvalue weighted by atomic mass is 16.5. The van der Waals surface area contributed by atoms with Gasteiger partial charge in [0.25, 0.3) is 5.91 Å². The number of amides is 1. The van der Waals surface area contributed by atoms with Crippen molar-refractivity contribution in [2.45, 2.75) is 6.92 Å². The van der Waals surface area contributed by atoms with E-state index in [-0.39, 0.29) is 11.2 Å². The quantitative estimate of drug-likeness (QED) is 0.742. The van der Waals surface area contributed by atoms with Gasteiger partial charge < -0.3 is 14.5 Å². The van der Waals surface area contributed by atoms with Crippen molar-refractivity contribution in [1.29, 1.82) is 0 Å². The largest absolute Gasteiger partial charge is 0.465 e. The summed E-state index contributed by atoms with van der Waals surface area (Å²) in [6, 6.07) is 12.5. The first-order valence-corrected chi connectivity index (χ1v) is 7.52. The maximum Gasteiger partial charge on any atom is 0.337 e. The molecule has 0 aliphatic carbocycles. The molecule has 0 bridgehead atoms. The predicted molar refractivity (Wildman–Crippen MR) is 93.0 cm³/mol. The highest BCUT2D eigenvalue weighted by Gasteiger charge is 2.13. The molecule has 1 amide bonds. The molecule has 0 atom stereocenters. The third kappa shape index (κ3) is 3.42. The Kier molecular flexibility index (Phi) is 4.35. The third-order valence-corrected chi connectivity index (χ3v) is 3.67. The number of carbonyl (C=O) groups is 2. The Bertz CT molecular complexity index is 1020. The zero-order valence-corrected chi connectivity index (χ0v) is 13.7. The molecule has 0 saturated heterocycles. The zero-order chi connectivity index (χ0) is 18.0. The zero-order valence-electron chi connectivity index (χ0n) is 13.7. The Morgan fingerprint density at radius 3 is 2.44 bits per heavy atom. The summed E-state index contributed by atoms with van der Waals surface area (Å²) in [4.78, 5) is 35.9. The summed E-state index contributed by atoms with van der Waals surface area (Å²) in [6.45, 7) is 1.87. The van der Waals surface area contributed by atoms with Gasteiger partial charge in [0.05, 0.1) is 18.1 Å². The molecular formula is C19H15NO5. The van der Waals surface area contributed by atoms with Crippen LogP contribution in [0.25, 0.3) is 11.0 Å². The fraction of sp³-hybridized carbons (Fsp3) is 0.105. The molecule has 2 aromatic carbocycles.